The largest absolute Gasteiger partial charge is 0.477 e. The third-order valence-corrected chi connectivity index (χ3v) is 7.21. The van der Waals surface area contributed by atoms with Gasteiger partial charge in [0.05, 0.1) is 0 Å². The lowest BCUT2D eigenvalue weighted by Crippen LogP contribution is -2.12. The molecule has 1 heterocycles. The van der Waals surface area contributed by atoms with Gasteiger partial charge in [0, 0.05) is 45.5 Å². The summed E-state index contributed by atoms with van der Waals surface area (Å²) in [4.78, 5) is 18.9. The summed E-state index contributed by atoms with van der Waals surface area (Å²) in [7, 11) is 0. The molecule has 0 amide bonds. The Balaban J connectivity index is 1.33. The van der Waals surface area contributed by atoms with Crippen molar-refractivity contribution in [1.82, 2.24) is 4.98 Å². The Kier molecular flexibility index (Phi) is 8.02. The van der Waals surface area contributed by atoms with Crippen LogP contribution in [0.1, 0.15) is 5.69 Å². The lowest BCUT2D eigenvalue weighted by Gasteiger charge is -2.28. The van der Waals surface area contributed by atoms with E-state index in [0.29, 0.717) is 5.69 Å². The maximum Gasteiger partial charge on any atom is 0.346 e. The minimum atomic E-state index is -1.25. The standard InChI is InChI=1S/C38H28N4O2/c39-27-29(38(43)44)26-30-18-25-37(40-30)28-16-19-34(20-17-28)42(33-14-8-3-9-15-33)36-23-21-35(22-24-36)41(31-10-4-1-5-11-31)32-12-6-2-7-13-32/h1-26,40H,(H,43,44)/b29-26+. The zero-order valence-electron chi connectivity index (χ0n) is 23.7. The van der Waals surface area contributed by atoms with Crippen LogP contribution in [0.4, 0.5) is 34.1 Å². The molecule has 0 atom stereocenters. The predicted molar refractivity (Wildman–Crippen MR) is 177 cm³/mol. The topological polar surface area (TPSA) is 83.4 Å². The van der Waals surface area contributed by atoms with Crippen LogP contribution in [0.15, 0.2) is 157 Å². The minimum Gasteiger partial charge on any atom is -0.477 e. The predicted octanol–water partition coefficient (Wildman–Crippen LogP) is 9.61. The van der Waals surface area contributed by atoms with Crippen LogP contribution >= 0.6 is 0 Å². The number of hydrogen-bond acceptors (Lipinski definition) is 4. The molecule has 0 radical (unpaired) electrons. The summed E-state index contributed by atoms with van der Waals surface area (Å²) >= 11 is 0. The molecule has 0 spiro atoms. The van der Waals surface area contributed by atoms with Gasteiger partial charge in [0.1, 0.15) is 11.6 Å². The van der Waals surface area contributed by atoms with E-state index in [0.717, 1.165) is 45.4 Å². The Morgan fingerprint density at radius 1 is 0.568 bits per heavy atom. The molecule has 0 aliphatic carbocycles. The lowest BCUT2D eigenvalue weighted by atomic mass is 10.1. The monoisotopic (exact) mass is 572 g/mol. The summed E-state index contributed by atoms with van der Waals surface area (Å²) < 4.78 is 0. The van der Waals surface area contributed by atoms with Crippen molar-refractivity contribution in [3.05, 3.63) is 163 Å². The van der Waals surface area contributed by atoms with Crippen LogP contribution in [0, 0.1) is 11.3 Å². The van der Waals surface area contributed by atoms with Crippen LogP contribution in [0.2, 0.25) is 0 Å². The second kappa shape index (κ2) is 12.7. The number of carboxylic acids is 1. The minimum absolute atomic E-state index is 0.325. The fourth-order valence-electron chi connectivity index (χ4n) is 5.13. The molecule has 0 fully saturated rings. The van der Waals surface area contributed by atoms with Crippen LogP contribution in [0.3, 0.4) is 0 Å². The summed E-state index contributed by atoms with van der Waals surface area (Å²) in [5.41, 5.74) is 8.22. The second-order valence-electron chi connectivity index (χ2n) is 10.0. The normalized spacial score (nSPS) is 11.0. The Morgan fingerprint density at radius 2 is 0.955 bits per heavy atom. The van der Waals surface area contributed by atoms with Crippen molar-refractivity contribution in [2.45, 2.75) is 0 Å². The van der Waals surface area contributed by atoms with Crippen molar-refractivity contribution in [1.29, 1.82) is 5.26 Å². The van der Waals surface area contributed by atoms with E-state index in [1.807, 2.05) is 72.8 Å². The first-order valence-electron chi connectivity index (χ1n) is 14.1. The number of nitrogens with zero attached hydrogens (tertiary/aromatic N) is 3. The summed E-state index contributed by atoms with van der Waals surface area (Å²) in [6.45, 7) is 0. The van der Waals surface area contributed by atoms with E-state index in [2.05, 4.69) is 87.6 Å². The molecule has 0 aliphatic heterocycles. The SMILES string of the molecule is N#C/C(=C\c1ccc(-c2ccc(N(c3ccccc3)c3ccc(N(c4ccccc4)c4ccccc4)cc3)cc2)[nH]1)C(=O)O. The van der Waals surface area contributed by atoms with Gasteiger partial charge in [0.25, 0.3) is 0 Å². The first-order chi connectivity index (χ1) is 21.6. The summed E-state index contributed by atoms with van der Waals surface area (Å²) in [6.07, 6.45) is 1.33. The molecular formula is C38H28N4O2. The van der Waals surface area contributed by atoms with Gasteiger partial charge in [-0.1, -0.05) is 66.7 Å². The van der Waals surface area contributed by atoms with Crippen LogP contribution in [0.25, 0.3) is 17.3 Å². The highest BCUT2D eigenvalue weighted by Crippen LogP contribution is 2.39. The van der Waals surface area contributed by atoms with Gasteiger partial charge in [-0.3, -0.25) is 0 Å². The number of nitriles is 1. The fraction of sp³-hybridized carbons (Fsp3) is 0. The van der Waals surface area contributed by atoms with Gasteiger partial charge in [-0.15, -0.1) is 0 Å². The summed E-state index contributed by atoms with van der Waals surface area (Å²) in [6, 6.07) is 52.9. The number of hydrogen-bond donors (Lipinski definition) is 2. The number of H-pyrrole nitrogens is 1. The third kappa shape index (κ3) is 5.98. The van der Waals surface area contributed by atoms with Gasteiger partial charge in [0.2, 0.25) is 0 Å². The Bertz CT molecular complexity index is 1890. The zero-order valence-corrected chi connectivity index (χ0v) is 23.7. The smallest absolute Gasteiger partial charge is 0.346 e. The number of rotatable bonds is 9. The van der Waals surface area contributed by atoms with Crippen molar-refractivity contribution in [2.75, 3.05) is 9.80 Å². The highest BCUT2D eigenvalue weighted by Gasteiger charge is 2.16. The number of carboxylic acid groups (broad SMARTS) is 1. The molecule has 0 unspecified atom stereocenters. The molecule has 5 aromatic carbocycles. The zero-order chi connectivity index (χ0) is 30.3. The Labute approximate surface area is 256 Å². The second-order valence-corrected chi connectivity index (χ2v) is 10.0. The number of aliphatic carboxylic acids is 1. The van der Waals surface area contributed by atoms with E-state index in [4.69, 9.17) is 10.4 Å². The van der Waals surface area contributed by atoms with Gasteiger partial charge in [-0.05, 0) is 96.6 Å². The van der Waals surface area contributed by atoms with Crippen LogP contribution < -0.4 is 9.80 Å². The van der Waals surface area contributed by atoms with E-state index in [1.54, 1.807) is 12.1 Å². The Morgan fingerprint density at radius 3 is 1.34 bits per heavy atom. The summed E-state index contributed by atoms with van der Waals surface area (Å²) in [5, 5.41) is 18.2. The molecule has 0 saturated heterocycles. The molecule has 6 rings (SSSR count). The molecule has 6 aromatic rings. The number of benzene rings is 5. The molecule has 212 valence electrons. The first-order valence-corrected chi connectivity index (χ1v) is 14.1. The van der Waals surface area contributed by atoms with E-state index in [1.165, 1.54) is 6.08 Å². The highest BCUT2D eigenvalue weighted by molar-refractivity contribution is 5.96. The van der Waals surface area contributed by atoms with E-state index in [-0.39, 0.29) is 5.57 Å². The molecular weight excluding hydrogens is 544 g/mol. The highest BCUT2D eigenvalue weighted by atomic mass is 16.4. The Hall–Kier alpha value is -6.32. The average Bonchev–Trinajstić information content (AvgIpc) is 3.55. The molecule has 0 aliphatic rings. The number of carbonyl (C=O) groups is 1. The lowest BCUT2D eigenvalue weighted by molar-refractivity contribution is -0.132. The quantitative estimate of drug-likeness (QED) is 0.133. The van der Waals surface area contributed by atoms with Crippen molar-refractivity contribution in [2.24, 2.45) is 0 Å². The summed E-state index contributed by atoms with van der Waals surface area (Å²) in [5.74, 6) is -1.25. The molecule has 0 bridgehead atoms. The van der Waals surface area contributed by atoms with Crippen molar-refractivity contribution in [3.8, 4) is 17.3 Å². The van der Waals surface area contributed by atoms with E-state index >= 15 is 0 Å². The van der Waals surface area contributed by atoms with E-state index < -0.39 is 5.97 Å². The number of aromatic nitrogens is 1. The average molecular weight is 573 g/mol. The molecule has 0 saturated carbocycles. The van der Waals surface area contributed by atoms with Crippen LogP contribution in [-0.2, 0) is 4.79 Å². The number of anilines is 6. The van der Waals surface area contributed by atoms with Crippen molar-refractivity contribution in [3.63, 3.8) is 0 Å². The maximum atomic E-state index is 11.2. The van der Waals surface area contributed by atoms with Crippen LogP contribution in [-0.4, -0.2) is 16.1 Å². The van der Waals surface area contributed by atoms with Gasteiger partial charge in [-0.25, -0.2) is 4.79 Å². The van der Waals surface area contributed by atoms with Crippen LogP contribution in [0.5, 0.6) is 0 Å². The van der Waals surface area contributed by atoms with Crippen molar-refractivity contribution >= 4 is 46.2 Å². The third-order valence-electron chi connectivity index (χ3n) is 7.21. The van der Waals surface area contributed by atoms with Gasteiger partial charge < -0.3 is 19.9 Å². The first kappa shape index (κ1) is 27.8. The van der Waals surface area contributed by atoms with Crippen molar-refractivity contribution < 1.29 is 9.90 Å². The number of para-hydroxylation sites is 3. The fourth-order valence-corrected chi connectivity index (χ4v) is 5.13. The van der Waals surface area contributed by atoms with E-state index in [9.17, 15) is 4.79 Å². The molecule has 6 heteroatoms. The van der Waals surface area contributed by atoms with Gasteiger partial charge >= 0.3 is 5.97 Å². The maximum absolute atomic E-state index is 11.2. The van der Waals surface area contributed by atoms with Gasteiger partial charge in [0.15, 0.2) is 0 Å². The number of nitrogens with one attached hydrogen (secondary N) is 1. The van der Waals surface area contributed by atoms with Gasteiger partial charge in [-0.2, -0.15) is 5.26 Å². The number of aromatic amines is 1. The molecule has 44 heavy (non-hydrogen) atoms. The molecule has 1 aromatic heterocycles. The molecule has 2 N–H and O–H groups in total. The molecule has 6 nitrogen and oxygen atoms in total.